The molecule has 2 bridgehead atoms. The van der Waals surface area contributed by atoms with Crippen molar-refractivity contribution in [1.82, 2.24) is 4.90 Å². The normalized spacial score (nSPS) is 33.6. The van der Waals surface area contributed by atoms with Gasteiger partial charge in [0, 0.05) is 6.04 Å². The van der Waals surface area contributed by atoms with Gasteiger partial charge in [-0.2, -0.15) is 0 Å². The Hall–Kier alpha value is -2.14. The van der Waals surface area contributed by atoms with E-state index in [9.17, 15) is 9.59 Å². The molecule has 1 amide bonds. The Bertz CT molecular complexity index is 716. The number of likely N-dealkylation sites (tertiary alicyclic amines) is 1. The van der Waals surface area contributed by atoms with E-state index >= 15 is 0 Å². The second-order valence-corrected chi connectivity index (χ2v) is 7.22. The van der Waals surface area contributed by atoms with Crippen molar-refractivity contribution in [3.8, 4) is 0 Å². The lowest BCUT2D eigenvalue weighted by atomic mass is 9.77. The van der Waals surface area contributed by atoms with Crippen molar-refractivity contribution in [3.63, 3.8) is 0 Å². The zero-order chi connectivity index (χ0) is 17.6. The maximum Gasteiger partial charge on any atom is 0.313 e. The molecule has 3 heterocycles. The number of hydrogen-bond acceptors (Lipinski definition) is 4. The zero-order valence-corrected chi connectivity index (χ0v) is 14.6. The van der Waals surface area contributed by atoms with Crippen LogP contribution in [0.2, 0.25) is 0 Å². The fourth-order valence-electron chi connectivity index (χ4n) is 4.22. The summed E-state index contributed by atoms with van der Waals surface area (Å²) in [6.45, 7) is 4.84. The third-order valence-corrected chi connectivity index (χ3v) is 5.75. The molecule has 0 saturated carbocycles. The SMILES string of the molecule is CC[C@@H](C)N1C[C@@]23C=C[C@H](O2)[C@@H](C(=O)OCc2ccccc2)[C@H]3C1=O. The second-order valence-electron chi connectivity index (χ2n) is 7.22. The summed E-state index contributed by atoms with van der Waals surface area (Å²) < 4.78 is 11.6. The van der Waals surface area contributed by atoms with E-state index in [2.05, 4.69) is 6.92 Å². The van der Waals surface area contributed by atoms with Gasteiger partial charge in [-0.25, -0.2) is 0 Å². The molecule has 1 aromatic rings. The van der Waals surface area contributed by atoms with E-state index in [1.54, 1.807) is 0 Å². The first-order valence-electron chi connectivity index (χ1n) is 8.94. The Morgan fingerprint density at radius 3 is 2.88 bits per heavy atom. The lowest BCUT2D eigenvalue weighted by molar-refractivity contribution is -0.155. The Balaban J connectivity index is 1.52. The fourth-order valence-corrected chi connectivity index (χ4v) is 4.22. The number of rotatable bonds is 5. The molecule has 0 unspecified atom stereocenters. The highest BCUT2D eigenvalue weighted by Gasteiger charge is 2.67. The first-order chi connectivity index (χ1) is 12.1. The summed E-state index contributed by atoms with van der Waals surface area (Å²) in [6.07, 6.45) is 4.42. The lowest BCUT2D eigenvalue weighted by Gasteiger charge is -2.26. The van der Waals surface area contributed by atoms with E-state index in [0.717, 1.165) is 12.0 Å². The summed E-state index contributed by atoms with van der Waals surface area (Å²) in [6, 6.07) is 9.71. The van der Waals surface area contributed by atoms with Gasteiger partial charge in [0.2, 0.25) is 5.91 Å². The topological polar surface area (TPSA) is 55.8 Å². The molecule has 5 atom stereocenters. The second kappa shape index (κ2) is 5.99. The number of carbonyl (C=O) groups is 2. The minimum atomic E-state index is -0.651. The minimum Gasteiger partial charge on any atom is -0.460 e. The van der Waals surface area contributed by atoms with Gasteiger partial charge in [0.25, 0.3) is 0 Å². The van der Waals surface area contributed by atoms with E-state index < -0.39 is 17.4 Å². The maximum absolute atomic E-state index is 13.0. The molecule has 0 N–H and O–H groups in total. The molecule has 0 radical (unpaired) electrons. The maximum atomic E-state index is 13.0. The van der Waals surface area contributed by atoms with Gasteiger partial charge < -0.3 is 14.4 Å². The smallest absolute Gasteiger partial charge is 0.313 e. The van der Waals surface area contributed by atoms with Crippen LogP contribution in [0.15, 0.2) is 42.5 Å². The van der Waals surface area contributed by atoms with E-state index in [1.165, 1.54) is 0 Å². The van der Waals surface area contributed by atoms with Crippen LogP contribution in [0.4, 0.5) is 0 Å². The van der Waals surface area contributed by atoms with Crippen LogP contribution in [0, 0.1) is 11.8 Å². The van der Waals surface area contributed by atoms with E-state index in [4.69, 9.17) is 9.47 Å². The summed E-state index contributed by atoms with van der Waals surface area (Å²) in [5.41, 5.74) is 0.283. The standard InChI is InChI=1S/C20H23NO4/c1-3-13(2)21-12-20-10-9-15(25-20)16(17(20)18(21)22)19(23)24-11-14-7-5-4-6-8-14/h4-10,13,15-17H,3,11-12H2,1-2H3/t13-,15+,16-,17+,20-/m1/s1. The van der Waals surface area contributed by atoms with Crippen LogP contribution in [-0.4, -0.2) is 41.1 Å². The van der Waals surface area contributed by atoms with E-state index in [-0.39, 0.29) is 30.6 Å². The number of nitrogens with zero attached hydrogens (tertiary/aromatic N) is 1. The largest absolute Gasteiger partial charge is 0.460 e. The Labute approximate surface area is 147 Å². The summed E-state index contributed by atoms with van der Waals surface area (Å²) in [5.74, 6) is -1.33. The molecule has 3 aliphatic rings. The first-order valence-corrected chi connectivity index (χ1v) is 8.94. The van der Waals surface area contributed by atoms with Crippen LogP contribution in [0.1, 0.15) is 25.8 Å². The molecule has 25 heavy (non-hydrogen) atoms. The highest BCUT2D eigenvalue weighted by molar-refractivity contribution is 5.91. The van der Waals surface area contributed by atoms with Crippen LogP contribution in [0.25, 0.3) is 0 Å². The van der Waals surface area contributed by atoms with Gasteiger partial charge in [0.05, 0.1) is 18.6 Å². The van der Waals surface area contributed by atoms with Crippen molar-refractivity contribution in [3.05, 3.63) is 48.0 Å². The van der Waals surface area contributed by atoms with Crippen LogP contribution in [0.3, 0.4) is 0 Å². The number of esters is 1. The molecule has 0 aromatic heterocycles. The van der Waals surface area contributed by atoms with Crippen LogP contribution < -0.4 is 0 Å². The molecule has 4 rings (SSSR count). The Morgan fingerprint density at radius 1 is 1.40 bits per heavy atom. The first kappa shape index (κ1) is 16.3. The highest BCUT2D eigenvalue weighted by atomic mass is 16.6. The van der Waals surface area contributed by atoms with Gasteiger partial charge in [-0.3, -0.25) is 9.59 Å². The predicted molar refractivity (Wildman–Crippen MR) is 91.4 cm³/mol. The van der Waals surface area contributed by atoms with Gasteiger partial charge in [0.15, 0.2) is 0 Å². The van der Waals surface area contributed by atoms with E-state index in [0.29, 0.717) is 6.54 Å². The summed E-state index contributed by atoms with van der Waals surface area (Å²) in [5, 5.41) is 0. The number of hydrogen-bond donors (Lipinski definition) is 0. The number of benzene rings is 1. The van der Waals surface area contributed by atoms with Crippen molar-refractivity contribution < 1.29 is 19.1 Å². The summed E-state index contributed by atoms with van der Waals surface area (Å²) in [7, 11) is 0. The Kier molecular flexibility index (Phi) is 3.91. The number of amides is 1. The molecule has 3 aliphatic heterocycles. The minimum absolute atomic E-state index is 0.0165. The van der Waals surface area contributed by atoms with Gasteiger partial charge in [-0.05, 0) is 18.9 Å². The van der Waals surface area contributed by atoms with Crippen LogP contribution in [0.5, 0.6) is 0 Å². The molecule has 2 fully saturated rings. The van der Waals surface area contributed by atoms with Gasteiger partial charge >= 0.3 is 5.97 Å². The molecular formula is C20H23NO4. The van der Waals surface area contributed by atoms with Crippen molar-refractivity contribution in [2.75, 3.05) is 6.54 Å². The predicted octanol–water partition coefficient (Wildman–Crippen LogP) is 2.31. The molecule has 2 saturated heterocycles. The van der Waals surface area contributed by atoms with Gasteiger partial charge in [-0.15, -0.1) is 0 Å². The molecule has 5 nitrogen and oxygen atoms in total. The molecule has 1 aromatic carbocycles. The molecule has 132 valence electrons. The van der Waals surface area contributed by atoms with Crippen LogP contribution >= 0.6 is 0 Å². The average Bonchev–Trinajstić information content (AvgIpc) is 3.28. The van der Waals surface area contributed by atoms with Crippen LogP contribution in [-0.2, 0) is 25.7 Å². The number of carbonyl (C=O) groups excluding carboxylic acids is 2. The highest BCUT2D eigenvalue weighted by Crippen LogP contribution is 2.52. The summed E-state index contributed by atoms with van der Waals surface area (Å²) in [4.78, 5) is 27.6. The Morgan fingerprint density at radius 2 is 2.16 bits per heavy atom. The quantitative estimate of drug-likeness (QED) is 0.609. The molecule has 5 heteroatoms. The third-order valence-electron chi connectivity index (χ3n) is 5.75. The fraction of sp³-hybridized carbons (Fsp3) is 0.500. The van der Waals surface area contributed by atoms with Gasteiger partial charge in [0.1, 0.15) is 18.1 Å². The lowest BCUT2D eigenvalue weighted by Crippen LogP contribution is -2.41. The third kappa shape index (κ3) is 2.49. The molecule has 1 spiro atoms. The van der Waals surface area contributed by atoms with Crippen molar-refractivity contribution in [2.24, 2.45) is 11.8 Å². The monoisotopic (exact) mass is 341 g/mol. The number of fused-ring (bicyclic) bond motifs is 1. The zero-order valence-electron chi connectivity index (χ0n) is 14.6. The average molecular weight is 341 g/mol. The molecular weight excluding hydrogens is 318 g/mol. The number of ether oxygens (including phenoxy) is 2. The van der Waals surface area contributed by atoms with Crippen molar-refractivity contribution in [2.45, 2.75) is 44.6 Å². The van der Waals surface area contributed by atoms with Crippen molar-refractivity contribution >= 4 is 11.9 Å². The van der Waals surface area contributed by atoms with E-state index in [1.807, 2.05) is 54.3 Å². The van der Waals surface area contributed by atoms with Gasteiger partial charge in [-0.1, -0.05) is 49.4 Å². The van der Waals surface area contributed by atoms with Crippen molar-refractivity contribution in [1.29, 1.82) is 0 Å². The summed E-state index contributed by atoms with van der Waals surface area (Å²) >= 11 is 0. The molecule has 0 aliphatic carbocycles.